The lowest BCUT2D eigenvalue weighted by molar-refractivity contribution is -0.122. The third-order valence-electron chi connectivity index (χ3n) is 3.96. The number of rotatable bonds is 2. The number of likely N-dealkylation sites (tertiary alicyclic amines) is 1. The Bertz CT molecular complexity index is 361. The maximum absolute atomic E-state index is 11.2. The predicted molar refractivity (Wildman–Crippen MR) is 66.1 cm³/mol. The SMILES string of the molecule is CN1CCC2(CC1)CC(CS(N)(=O)=O)CCO2. The summed E-state index contributed by atoms with van der Waals surface area (Å²) in [5.41, 5.74) is -0.0832. The lowest BCUT2D eigenvalue weighted by Crippen LogP contribution is -2.49. The van der Waals surface area contributed by atoms with E-state index in [4.69, 9.17) is 9.88 Å². The molecule has 0 bridgehead atoms. The first-order valence-electron chi connectivity index (χ1n) is 6.22. The molecule has 2 rings (SSSR count). The Hall–Kier alpha value is -0.170. The van der Waals surface area contributed by atoms with Crippen molar-refractivity contribution in [2.24, 2.45) is 11.1 Å². The zero-order valence-corrected chi connectivity index (χ0v) is 11.2. The van der Waals surface area contributed by atoms with Crippen LogP contribution in [-0.4, -0.2) is 51.4 Å². The monoisotopic (exact) mass is 262 g/mol. The normalized spacial score (nSPS) is 30.6. The summed E-state index contributed by atoms with van der Waals surface area (Å²) in [6.07, 6.45) is 3.67. The fourth-order valence-electron chi connectivity index (χ4n) is 2.97. The fourth-order valence-corrected chi connectivity index (χ4v) is 3.92. The molecule has 0 aromatic carbocycles. The number of nitrogens with zero attached hydrogens (tertiary/aromatic N) is 1. The van der Waals surface area contributed by atoms with Gasteiger partial charge < -0.3 is 9.64 Å². The fraction of sp³-hybridized carbons (Fsp3) is 1.00. The first-order chi connectivity index (χ1) is 7.89. The molecule has 0 saturated carbocycles. The van der Waals surface area contributed by atoms with E-state index in [-0.39, 0.29) is 17.3 Å². The molecule has 5 nitrogen and oxygen atoms in total. The second kappa shape index (κ2) is 4.84. The molecular weight excluding hydrogens is 240 g/mol. The largest absolute Gasteiger partial charge is 0.375 e. The number of ether oxygens (including phenoxy) is 1. The Morgan fingerprint density at radius 1 is 1.41 bits per heavy atom. The van der Waals surface area contributed by atoms with Crippen LogP contribution in [-0.2, 0) is 14.8 Å². The Morgan fingerprint density at radius 3 is 2.65 bits per heavy atom. The van der Waals surface area contributed by atoms with Gasteiger partial charge in [-0.05, 0) is 38.6 Å². The van der Waals surface area contributed by atoms with E-state index < -0.39 is 10.0 Å². The minimum atomic E-state index is -3.36. The zero-order chi connectivity index (χ0) is 12.5. The van der Waals surface area contributed by atoms with Crippen LogP contribution in [0.2, 0.25) is 0 Å². The molecule has 2 aliphatic rings. The second-order valence-electron chi connectivity index (χ2n) is 5.52. The lowest BCUT2D eigenvalue weighted by atomic mass is 9.80. The molecule has 2 N–H and O–H groups in total. The van der Waals surface area contributed by atoms with Crippen LogP contribution in [0.25, 0.3) is 0 Å². The third kappa shape index (κ3) is 3.64. The molecule has 0 aromatic heterocycles. The van der Waals surface area contributed by atoms with Crippen molar-refractivity contribution in [1.29, 1.82) is 0 Å². The van der Waals surface area contributed by atoms with Gasteiger partial charge in [-0.1, -0.05) is 0 Å². The average molecular weight is 262 g/mol. The molecule has 17 heavy (non-hydrogen) atoms. The number of hydrogen-bond acceptors (Lipinski definition) is 4. The van der Waals surface area contributed by atoms with Crippen molar-refractivity contribution in [2.75, 3.05) is 32.5 Å². The Morgan fingerprint density at radius 2 is 2.06 bits per heavy atom. The standard InChI is InChI=1S/C11H22N2O3S/c1-13-5-3-11(4-6-13)8-10(2-7-16-11)9-17(12,14)15/h10H,2-9H2,1H3,(H2,12,14,15). The number of hydrogen-bond donors (Lipinski definition) is 1. The van der Waals surface area contributed by atoms with E-state index in [1.54, 1.807) is 0 Å². The van der Waals surface area contributed by atoms with E-state index in [1.165, 1.54) is 0 Å². The van der Waals surface area contributed by atoms with Gasteiger partial charge in [0, 0.05) is 19.7 Å². The van der Waals surface area contributed by atoms with Crippen LogP contribution in [0.5, 0.6) is 0 Å². The van der Waals surface area contributed by atoms with E-state index in [0.29, 0.717) is 6.61 Å². The maximum Gasteiger partial charge on any atom is 0.209 e. The maximum atomic E-state index is 11.2. The van der Waals surface area contributed by atoms with Gasteiger partial charge in [-0.2, -0.15) is 0 Å². The molecule has 0 aromatic rings. The van der Waals surface area contributed by atoms with E-state index in [9.17, 15) is 8.42 Å². The van der Waals surface area contributed by atoms with Crippen LogP contribution in [0.1, 0.15) is 25.7 Å². The molecule has 2 heterocycles. The molecule has 0 radical (unpaired) electrons. The van der Waals surface area contributed by atoms with Crippen molar-refractivity contribution in [3.8, 4) is 0 Å². The van der Waals surface area contributed by atoms with Gasteiger partial charge in [0.15, 0.2) is 0 Å². The van der Waals surface area contributed by atoms with Crippen LogP contribution in [0, 0.1) is 5.92 Å². The third-order valence-corrected chi connectivity index (χ3v) is 4.90. The molecule has 1 atom stereocenters. The van der Waals surface area contributed by atoms with Crippen LogP contribution in [0.15, 0.2) is 0 Å². The highest BCUT2D eigenvalue weighted by Crippen LogP contribution is 2.37. The molecule has 6 heteroatoms. The van der Waals surface area contributed by atoms with Crippen molar-refractivity contribution >= 4 is 10.0 Å². The minimum Gasteiger partial charge on any atom is -0.375 e. The molecule has 0 aliphatic carbocycles. The summed E-state index contributed by atoms with van der Waals surface area (Å²) in [6, 6.07) is 0. The van der Waals surface area contributed by atoms with Crippen molar-refractivity contribution < 1.29 is 13.2 Å². The highest BCUT2D eigenvalue weighted by atomic mass is 32.2. The van der Waals surface area contributed by atoms with Crippen LogP contribution >= 0.6 is 0 Å². The van der Waals surface area contributed by atoms with Crippen molar-refractivity contribution in [1.82, 2.24) is 4.90 Å². The zero-order valence-electron chi connectivity index (χ0n) is 10.4. The van der Waals surface area contributed by atoms with Crippen molar-refractivity contribution in [3.05, 3.63) is 0 Å². The molecule has 2 saturated heterocycles. The van der Waals surface area contributed by atoms with Gasteiger partial charge in [-0.25, -0.2) is 13.6 Å². The summed E-state index contributed by atoms with van der Waals surface area (Å²) >= 11 is 0. The van der Waals surface area contributed by atoms with E-state index in [0.717, 1.165) is 38.8 Å². The molecule has 0 amide bonds. The average Bonchev–Trinajstić information content (AvgIpc) is 2.21. The van der Waals surface area contributed by atoms with Gasteiger partial charge >= 0.3 is 0 Å². The predicted octanol–water partition coefficient (Wildman–Crippen LogP) is 0.166. The topological polar surface area (TPSA) is 72.6 Å². The van der Waals surface area contributed by atoms with Gasteiger partial charge in [0.25, 0.3) is 0 Å². The van der Waals surface area contributed by atoms with Gasteiger partial charge in [0.05, 0.1) is 11.4 Å². The molecule has 100 valence electrons. The molecular formula is C11H22N2O3S. The molecule has 2 aliphatic heterocycles. The van der Waals surface area contributed by atoms with Gasteiger partial charge in [-0.15, -0.1) is 0 Å². The number of piperidine rings is 1. The second-order valence-corrected chi connectivity index (χ2v) is 7.18. The Kier molecular flexibility index (Phi) is 3.77. The van der Waals surface area contributed by atoms with Gasteiger partial charge in [-0.3, -0.25) is 0 Å². The number of nitrogens with two attached hydrogens (primary N) is 1. The highest BCUT2D eigenvalue weighted by Gasteiger charge is 2.40. The van der Waals surface area contributed by atoms with Crippen molar-refractivity contribution in [3.63, 3.8) is 0 Å². The van der Waals surface area contributed by atoms with E-state index >= 15 is 0 Å². The summed E-state index contributed by atoms with van der Waals surface area (Å²) in [6.45, 7) is 2.73. The molecule has 2 fully saturated rings. The number of primary sulfonamides is 1. The molecule has 1 unspecified atom stereocenters. The van der Waals surface area contributed by atoms with Crippen LogP contribution < -0.4 is 5.14 Å². The van der Waals surface area contributed by atoms with E-state index in [2.05, 4.69) is 11.9 Å². The summed E-state index contributed by atoms with van der Waals surface area (Å²) in [5.74, 6) is 0.274. The summed E-state index contributed by atoms with van der Waals surface area (Å²) in [4.78, 5) is 2.29. The van der Waals surface area contributed by atoms with E-state index in [1.807, 2.05) is 0 Å². The smallest absolute Gasteiger partial charge is 0.209 e. The quantitative estimate of drug-likeness (QED) is 0.770. The minimum absolute atomic E-state index is 0.0832. The Balaban J connectivity index is 1.97. The Labute approximate surface area is 103 Å². The summed E-state index contributed by atoms with van der Waals surface area (Å²) in [7, 11) is -1.25. The first kappa shape index (κ1) is 13.3. The van der Waals surface area contributed by atoms with Crippen LogP contribution in [0.4, 0.5) is 0 Å². The highest BCUT2D eigenvalue weighted by molar-refractivity contribution is 7.89. The summed E-state index contributed by atoms with van der Waals surface area (Å²) in [5, 5.41) is 5.13. The summed E-state index contributed by atoms with van der Waals surface area (Å²) < 4.78 is 28.2. The van der Waals surface area contributed by atoms with Crippen LogP contribution in [0.3, 0.4) is 0 Å². The van der Waals surface area contributed by atoms with Gasteiger partial charge in [0.2, 0.25) is 10.0 Å². The molecule has 1 spiro atoms. The van der Waals surface area contributed by atoms with Crippen molar-refractivity contribution in [2.45, 2.75) is 31.3 Å². The number of sulfonamides is 1. The lowest BCUT2D eigenvalue weighted by Gasteiger charge is -2.45. The first-order valence-corrected chi connectivity index (χ1v) is 7.93. The van der Waals surface area contributed by atoms with Gasteiger partial charge in [0.1, 0.15) is 0 Å².